The van der Waals surface area contributed by atoms with Crippen molar-refractivity contribution < 1.29 is 23.0 Å². The van der Waals surface area contributed by atoms with Gasteiger partial charge in [-0.1, -0.05) is 18.6 Å². The summed E-state index contributed by atoms with van der Waals surface area (Å²) in [5.41, 5.74) is 0.0135. The Hall–Kier alpha value is -2.69. The molecule has 182 valence electrons. The number of benzene rings is 2. The molecule has 5 heteroatoms. The normalized spacial score (nSPS) is 24.6. The first-order valence-corrected chi connectivity index (χ1v) is 12.4. The first kappa shape index (κ1) is 24.4. The van der Waals surface area contributed by atoms with Crippen LogP contribution in [0.2, 0.25) is 0 Å². The Morgan fingerprint density at radius 2 is 1.62 bits per heavy atom. The van der Waals surface area contributed by atoms with E-state index in [1.54, 1.807) is 24.3 Å². The Morgan fingerprint density at radius 1 is 0.971 bits per heavy atom. The molecular formula is C29H34F2O3. The van der Waals surface area contributed by atoms with Crippen LogP contribution in [0.15, 0.2) is 48.6 Å². The number of hydrogen-bond donors (Lipinski definition) is 0. The molecule has 0 radical (unpaired) electrons. The van der Waals surface area contributed by atoms with Gasteiger partial charge in [0.1, 0.15) is 23.1 Å². The minimum absolute atomic E-state index is 0.120. The van der Waals surface area contributed by atoms with Crippen LogP contribution >= 0.6 is 0 Å². The van der Waals surface area contributed by atoms with Gasteiger partial charge in [0.05, 0.1) is 12.7 Å². The van der Waals surface area contributed by atoms with Crippen LogP contribution in [0.5, 0.6) is 11.5 Å². The predicted molar refractivity (Wildman–Crippen MR) is 129 cm³/mol. The minimum atomic E-state index is -0.783. The summed E-state index contributed by atoms with van der Waals surface area (Å²) in [6.45, 7) is 2.06. The molecule has 2 fully saturated rings. The second-order valence-corrected chi connectivity index (χ2v) is 9.77. The maximum Gasteiger partial charge on any atom is 0.343 e. The zero-order valence-electron chi connectivity index (χ0n) is 20.1. The van der Waals surface area contributed by atoms with Gasteiger partial charge in [0.25, 0.3) is 0 Å². The van der Waals surface area contributed by atoms with Gasteiger partial charge in [0.2, 0.25) is 0 Å². The molecular weight excluding hydrogens is 434 g/mol. The molecule has 2 aromatic carbocycles. The van der Waals surface area contributed by atoms with Crippen molar-refractivity contribution in [1.29, 1.82) is 0 Å². The van der Waals surface area contributed by atoms with Crippen molar-refractivity contribution in [2.24, 2.45) is 17.8 Å². The molecule has 4 unspecified atom stereocenters. The third-order valence-corrected chi connectivity index (χ3v) is 7.69. The van der Waals surface area contributed by atoms with Crippen molar-refractivity contribution in [2.75, 3.05) is 7.11 Å². The quantitative estimate of drug-likeness (QED) is 0.236. The summed E-state index contributed by atoms with van der Waals surface area (Å²) in [5.74, 6) is 0.685. The number of methoxy groups -OCH3 is 1. The summed E-state index contributed by atoms with van der Waals surface area (Å²) in [6, 6.07) is 8.69. The van der Waals surface area contributed by atoms with E-state index < -0.39 is 17.6 Å². The highest BCUT2D eigenvalue weighted by Gasteiger charge is 2.37. The molecule has 0 N–H and O–H groups in total. The van der Waals surface area contributed by atoms with E-state index in [2.05, 4.69) is 19.1 Å². The lowest BCUT2D eigenvalue weighted by molar-refractivity contribution is 0.0733. The molecule has 0 aromatic heterocycles. The van der Waals surface area contributed by atoms with Crippen molar-refractivity contribution >= 4 is 5.97 Å². The third kappa shape index (κ3) is 5.68. The van der Waals surface area contributed by atoms with E-state index in [0.717, 1.165) is 50.2 Å². The van der Waals surface area contributed by atoms with E-state index >= 15 is 8.78 Å². The van der Waals surface area contributed by atoms with Crippen molar-refractivity contribution in [2.45, 2.75) is 64.2 Å². The van der Waals surface area contributed by atoms with Crippen LogP contribution in [0.4, 0.5) is 8.78 Å². The Morgan fingerprint density at radius 3 is 2.29 bits per heavy atom. The monoisotopic (exact) mass is 468 g/mol. The molecule has 4 atom stereocenters. The van der Waals surface area contributed by atoms with Crippen LogP contribution in [0.25, 0.3) is 0 Å². The molecule has 2 aliphatic carbocycles. The van der Waals surface area contributed by atoms with Gasteiger partial charge in [0, 0.05) is 5.56 Å². The van der Waals surface area contributed by atoms with E-state index in [-0.39, 0.29) is 22.8 Å². The fourth-order valence-electron chi connectivity index (χ4n) is 5.91. The topological polar surface area (TPSA) is 35.5 Å². The predicted octanol–water partition coefficient (Wildman–Crippen LogP) is 7.85. The van der Waals surface area contributed by atoms with E-state index in [0.29, 0.717) is 17.6 Å². The minimum Gasteiger partial charge on any atom is -0.497 e. The van der Waals surface area contributed by atoms with Gasteiger partial charge in [0.15, 0.2) is 0 Å². The Kier molecular flexibility index (Phi) is 8.02. The average molecular weight is 469 g/mol. The third-order valence-electron chi connectivity index (χ3n) is 7.69. The van der Waals surface area contributed by atoms with Crippen LogP contribution in [0.1, 0.15) is 80.1 Å². The molecule has 0 spiro atoms. The SMILES string of the molecule is C/C=C/CCC1CCC2CC(c3c(F)cc(C(=O)Oc4ccc(OC)cc4)cc3F)CCC2C1. The molecule has 0 heterocycles. The van der Waals surface area contributed by atoms with Crippen LogP contribution in [0, 0.1) is 29.4 Å². The molecule has 3 nitrogen and oxygen atoms in total. The number of esters is 1. The van der Waals surface area contributed by atoms with Gasteiger partial charge >= 0.3 is 5.97 Å². The lowest BCUT2D eigenvalue weighted by Gasteiger charge is -2.42. The fraction of sp³-hybridized carbons (Fsp3) is 0.483. The molecule has 0 bridgehead atoms. The Balaban J connectivity index is 1.40. The van der Waals surface area contributed by atoms with Gasteiger partial charge in [-0.15, -0.1) is 0 Å². The number of rotatable bonds is 7. The second-order valence-electron chi connectivity index (χ2n) is 9.77. The van der Waals surface area contributed by atoms with Crippen LogP contribution in [-0.2, 0) is 0 Å². The molecule has 0 saturated heterocycles. The van der Waals surface area contributed by atoms with Crippen LogP contribution < -0.4 is 9.47 Å². The Labute approximate surface area is 201 Å². The van der Waals surface area contributed by atoms with Crippen molar-refractivity contribution in [3.8, 4) is 11.5 Å². The number of fused-ring (bicyclic) bond motifs is 1. The van der Waals surface area contributed by atoms with Gasteiger partial charge in [-0.05, 0) is 112 Å². The van der Waals surface area contributed by atoms with Crippen molar-refractivity contribution in [3.63, 3.8) is 0 Å². The zero-order valence-corrected chi connectivity index (χ0v) is 20.1. The van der Waals surface area contributed by atoms with Crippen molar-refractivity contribution in [3.05, 3.63) is 71.3 Å². The van der Waals surface area contributed by atoms with Gasteiger partial charge in [-0.3, -0.25) is 0 Å². The summed E-state index contributed by atoms with van der Waals surface area (Å²) < 4.78 is 40.5. The van der Waals surface area contributed by atoms with Gasteiger partial charge in [-0.2, -0.15) is 0 Å². The van der Waals surface area contributed by atoms with Crippen molar-refractivity contribution in [1.82, 2.24) is 0 Å². The number of hydrogen-bond acceptors (Lipinski definition) is 3. The molecule has 2 aliphatic rings. The Bertz CT molecular complexity index is 992. The van der Waals surface area contributed by atoms with E-state index in [1.807, 2.05) is 0 Å². The summed E-state index contributed by atoms with van der Waals surface area (Å²) >= 11 is 0. The van der Waals surface area contributed by atoms with Crippen LogP contribution in [0.3, 0.4) is 0 Å². The molecule has 34 heavy (non-hydrogen) atoms. The highest BCUT2D eigenvalue weighted by Crippen LogP contribution is 2.49. The number of ether oxygens (including phenoxy) is 2. The summed E-state index contributed by atoms with van der Waals surface area (Å²) in [5, 5.41) is 0. The second kappa shape index (κ2) is 11.2. The first-order chi connectivity index (χ1) is 16.5. The van der Waals surface area contributed by atoms with E-state index in [4.69, 9.17) is 9.47 Å². The van der Waals surface area contributed by atoms with Crippen LogP contribution in [-0.4, -0.2) is 13.1 Å². The lowest BCUT2D eigenvalue weighted by atomic mass is 9.63. The fourth-order valence-corrected chi connectivity index (χ4v) is 5.91. The first-order valence-electron chi connectivity index (χ1n) is 12.4. The maximum atomic E-state index is 15.1. The standard InChI is InChI=1S/C29H34F2O3/c1-3-4-5-6-19-7-8-21-16-22(10-9-20(21)15-19)28-26(30)17-23(18-27(28)31)29(32)34-25-13-11-24(33-2)12-14-25/h3-4,11-14,17-22H,5-10,15-16H2,1-2H3/b4-3+. The lowest BCUT2D eigenvalue weighted by Crippen LogP contribution is -2.31. The number of carbonyl (C=O) groups excluding carboxylic acids is 1. The largest absolute Gasteiger partial charge is 0.497 e. The summed E-state index contributed by atoms with van der Waals surface area (Å²) in [6.07, 6.45) is 13.0. The molecule has 4 rings (SSSR count). The molecule has 0 aliphatic heterocycles. The van der Waals surface area contributed by atoms with Gasteiger partial charge in [-0.25, -0.2) is 13.6 Å². The molecule has 2 saturated carbocycles. The summed E-state index contributed by atoms with van der Waals surface area (Å²) in [4.78, 5) is 12.5. The zero-order chi connectivity index (χ0) is 24.1. The van der Waals surface area contributed by atoms with E-state index in [9.17, 15) is 4.79 Å². The molecule has 2 aromatic rings. The van der Waals surface area contributed by atoms with E-state index in [1.165, 1.54) is 26.4 Å². The maximum absolute atomic E-state index is 15.1. The smallest absolute Gasteiger partial charge is 0.343 e. The number of carbonyl (C=O) groups is 1. The highest BCUT2D eigenvalue weighted by atomic mass is 19.1. The average Bonchev–Trinajstić information content (AvgIpc) is 2.84. The van der Waals surface area contributed by atoms with Gasteiger partial charge < -0.3 is 9.47 Å². The number of allylic oxidation sites excluding steroid dienone is 2. The highest BCUT2D eigenvalue weighted by molar-refractivity contribution is 5.91. The number of halogens is 2. The molecule has 0 amide bonds. The summed E-state index contributed by atoms with van der Waals surface area (Å²) in [7, 11) is 1.54.